The molecule has 0 bridgehead atoms. The van der Waals surface area contributed by atoms with Gasteiger partial charge in [0.05, 0.1) is 0 Å². The van der Waals surface area contributed by atoms with Gasteiger partial charge in [-0.2, -0.15) is 0 Å². The fourth-order valence-corrected chi connectivity index (χ4v) is 4.13. The van der Waals surface area contributed by atoms with Crippen LogP contribution in [0.3, 0.4) is 0 Å². The summed E-state index contributed by atoms with van der Waals surface area (Å²) in [6, 6.07) is 7.23. The zero-order chi connectivity index (χ0) is 16.4. The second-order valence-electron chi connectivity index (χ2n) is 7.43. The van der Waals surface area contributed by atoms with Crippen LogP contribution in [-0.4, -0.2) is 54.5 Å². The van der Waals surface area contributed by atoms with Gasteiger partial charge in [-0.25, -0.2) is 0 Å². The van der Waals surface area contributed by atoms with E-state index in [1.807, 2.05) is 11.0 Å². The highest BCUT2D eigenvalue weighted by Gasteiger charge is 2.26. The van der Waals surface area contributed by atoms with Crippen molar-refractivity contribution in [3.05, 3.63) is 29.3 Å². The zero-order valence-corrected chi connectivity index (χ0v) is 14.5. The topological polar surface area (TPSA) is 32.8 Å². The van der Waals surface area contributed by atoms with Gasteiger partial charge in [-0.1, -0.05) is 12.5 Å². The van der Waals surface area contributed by atoms with Crippen LogP contribution in [-0.2, 0) is 17.6 Å². The summed E-state index contributed by atoms with van der Waals surface area (Å²) in [6.07, 6.45) is 8.65. The molecule has 2 fully saturated rings. The van der Waals surface area contributed by atoms with Gasteiger partial charge in [0.25, 0.3) is 5.91 Å². The summed E-state index contributed by atoms with van der Waals surface area (Å²) < 4.78 is 5.79. The average Bonchev–Trinajstić information content (AvgIpc) is 3.01. The summed E-state index contributed by atoms with van der Waals surface area (Å²) >= 11 is 0. The van der Waals surface area contributed by atoms with Gasteiger partial charge < -0.3 is 9.64 Å². The van der Waals surface area contributed by atoms with Crippen molar-refractivity contribution in [1.82, 2.24) is 9.80 Å². The number of likely N-dealkylation sites (tertiary alicyclic amines) is 1. The number of benzene rings is 1. The number of carbonyl (C=O) groups excluding carboxylic acids is 1. The molecule has 4 rings (SSSR count). The number of fused-ring (bicyclic) bond motifs is 1. The number of ether oxygens (including phenoxy) is 1. The molecule has 2 heterocycles. The Labute approximate surface area is 144 Å². The Bertz CT molecular complexity index is 591. The molecule has 3 aliphatic rings. The van der Waals surface area contributed by atoms with Gasteiger partial charge in [0, 0.05) is 32.2 Å². The molecule has 1 saturated carbocycles. The van der Waals surface area contributed by atoms with Crippen LogP contribution in [0.25, 0.3) is 0 Å². The van der Waals surface area contributed by atoms with Gasteiger partial charge in [-0.3, -0.25) is 9.69 Å². The third-order valence-corrected chi connectivity index (χ3v) is 5.93. The molecule has 0 atom stereocenters. The van der Waals surface area contributed by atoms with Crippen molar-refractivity contribution in [2.45, 2.75) is 51.0 Å². The van der Waals surface area contributed by atoms with E-state index >= 15 is 0 Å². The van der Waals surface area contributed by atoms with Crippen LogP contribution in [0.2, 0.25) is 0 Å². The summed E-state index contributed by atoms with van der Waals surface area (Å²) in [4.78, 5) is 16.7. The molecular weight excluding hydrogens is 300 g/mol. The molecule has 1 aliphatic carbocycles. The molecular formula is C20H28N2O2. The van der Waals surface area contributed by atoms with E-state index in [1.165, 1.54) is 36.9 Å². The van der Waals surface area contributed by atoms with Crippen LogP contribution in [0.15, 0.2) is 18.2 Å². The first-order chi connectivity index (χ1) is 11.8. The number of hydrogen-bond acceptors (Lipinski definition) is 3. The fraction of sp³-hybridized carbons (Fsp3) is 0.650. The van der Waals surface area contributed by atoms with Gasteiger partial charge in [0.1, 0.15) is 5.75 Å². The minimum absolute atomic E-state index is 0.124. The first kappa shape index (κ1) is 15.9. The van der Waals surface area contributed by atoms with Crippen molar-refractivity contribution in [3.8, 4) is 5.75 Å². The maximum atomic E-state index is 12.1. The van der Waals surface area contributed by atoms with E-state index in [4.69, 9.17) is 4.74 Å². The van der Waals surface area contributed by atoms with Crippen LogP contribution in [0.4, 0.5) is 0 Å². The number of rotatable bonds is 4. The van der Waals surface area contributed by atoms with Crippen molar-refractivity contribution >= 4 is 5.91 Å². The predicted molar refractivity (Wildman–Crippen MR) is 94.4 cm³/mol. The molecule has 1 aromatic rings. The van der Waals surface area contributed by atoms with Crippen LogP contribution in [0, 0.1) is 0 Å². The van der Waals surface area contributed by atoms with E-state index in [0.29, 0.717) is 0 Å². The quantitative estimate of drug-likeness (QED) is 0.852. The van der Waals surface area contributed by atoms with Crippen molar-refractivity contribution in [3.63, 3.8) is 0 Å². The Morgan fingerprint density at radius 2 is 1.75 bits per heavy atom. The van der Waals surface area contributed by atoms with E-state index in [-0.39, 0.29) is 12.5 Å². The van der Waals surface area contributed by atoms with E-state index in [0.717, 1.165) is 57.1 Å². The Hall–Kier alpha value is -1.55. The first-order valence-electron chi connectivity index (χ1n) is 9.56. The molecule has 0 N–H and O–H groups in total. The highest BCUT2D eigenvalue weighted by molar-refractivity contribution is 5.78. The van der Waals surface area contributed by atoms with Crippen molar-refractivity contribution in [2.75, 3.05) is 32.8 Å². The van der Waals surface area contributed by atoms with Crippen LogP contribution >= 0.6 is 0 Å². The van der Waals surface area contributed by atoms with Gasteiger partial charge >= 0.3 is 0 Å². The Morgan fingerprint density at radius 3 is 2.46 bits per heavy atom. The Morgan fingerprint density at radius 1 is 1.00 bits per heavy atom. The fourth-order valence-electron chi connectivity index (χ4n) is 4.13. The molecule has 130 valence electrons. The molecule has 2 aliphatic heterocycles. The molecule has 24 heavy (non-hydrogen) atoms. The third-order valence-electron chi connectivity index (χ3n) is 5.93. The number of carbonyl (C=O) groups is 1. The van der Waals surface area contributed by atoms with Crippen molar-refractivity contribution in [2.24, 2.45) is 0 Å². The van der Waals surface area contributed by atoms with Crippen LogP contribution < -0.4 is 4.74 Å². The normalized spacial score (nSPS) is 21.9. The number of hydrogen-bond donors (Lipinski definition) is 0. The summed E-state index contributed by atoms with van der Waals surface area (Å²) in [5, 5.41) is 0. The minimum atomic E-state index is 0.124. The molecule has 1 saturated heterocycles. The maximum absolute atomic E-state index is 12.1. The maximum Gasteiger partial charge on any atom is 0.260 e. The summed E-state index contributed by atoms with van der Waals surface area (Å²) in [7, 11) is 0. The third kappa shape index (κ3) is 3.44. The lowest BCUT2D eigenvalue weighted by atomic mass is 9.91. The monoisotopic (exact) mass is 328 g/mol. The standard InChI is InChI=1S/C20H28N2O2/c23-20(22-10-1-2-11-22)15-24-19-7-6-16-8-12-21(18-4-3-5-18)13-9-17(16)14-19/h6-7,14,18H,1-5,8-13,15H2. The van der Waals surface area contributed by atoms with Gasteiger partial charge in [0.15, 0.2) is 6.61 Å². The molecule has 0 spiro atoms. The molecule has 0 aromatic heterocycles. The van der Waals surface area contributed by atoms with Gasteiger partial charge in [0.2, 0.25) is 0 Å². The largest absolute Gasteiger partial charge is 0.484 e. The van der Waals surface area contributed by atoms with Crippen LogP contribution in [0.5, 0.6) is 5.75 Å². The molecule has 0 unspecified atom stereocenters. The Balaban J connectivity index is 1.35. The van der Waals surface area contributed by atoms with E-state index < -0.39 is 0 Å². The summed E-state index contributed by atoms with van der Waals surface area (Å²) in [6.45, 7) is 4.30. The van der Waals surface area contributed by atoms with Gasteiger partial charge in [-0.05, 0) is 61.8 Å². The van der Waals surface area contributed by atoms with Gasteiger partial charge in [-0.15, -0.1) is 0 Å². The second-order valence-corrected chi connectivity index (χ2v) is 7.43. The molecule has 4 heteroatoms. The lowest BCUT2D eigenvalue weighted by Crippen LogP contribution is -2.41. The number of amides is 1. The van der Waals surface area contributed by atoms with E-state index in [2.05, 4.69) is 17.0 Å². The smallest absolute Gasteiger partial charge is 0.260 e. The Kier molecular flexibility index (Phi) is 4.74. The molecule has 1 aromatic carbocycles. The second kappa shape index (κ2) is 7.14. The first-order valence-corrected chi connectivity index (χ1v) is 9.56. The lowest BCUT2D eigenvalue weighted by molar-refractivity contribution is -0.132. The van der Waals surface area contributed by atoms with E-state index in [9.17, 15) is 4.79 Å². The SMILES string of the molecule is O=C(COc1ccc2c(c1)CCN(C1CCC1)CC2)N1CCCC1. The zero-order valence-electron chi connectivity index (χ0n) is 14.5. The van der Waals surface area contributed by atoms with Crippen molar-refractivity contribution < 1.29 is 9.53 Å². The number of nitrogens with zero attached hydrogens (tertiary/aromatic N) is 2. The molecule has 0 radical (unpaired) electrons. The van der Waals surface area contributed by atoms with E-state index in [1.54, 1.807) is 0 Å². The molecule has 1 amide bonds. The summed E-state index contributed by atoms with van der Waals surface area (Å²) in [5.74, 6) is 0.969. The predicted octanol–water partition coefficient (Wildman–Crippen LogP) is 2.64. The average molecular weight is 328 g/mol. The molecule has 4 nitrogen and oxygen atoms in total. The lowest BCUT2D eigenvalue weighted by Gasteiger charge is -2.36. The van der Waals surface area contributed by atoms with Crippen molar-refractivity contribution in [1.29, 1.82) is 0 Å². The van der Waals surface area contributed by atoms with Crippen LogP contribution in [0.1, 0.15) is 43.2 Å². The minimum Gasteiger partial charge on any atom is -0.484 e. The highest BCUT2D eigenvalue weighted by atomic mass is 16.5. The summed E-state index contributed by atoms with van der Waals surface area (Å²) in [5.41, 5.74) is 2.86. The highest BCUT2D eigenvalue weighted by Crippen LogP contribution is 2.28.